The summed E-state index contributed by atoms with van der Waals surface area (Å²) in [5, 5.41) is 14.8. The van der Waals surface area contributed by atoms with Gasteiger partial charge in [-0.1, -0.05) is 48.0 Å². The van der Waals surface area contributed by atoms with Crippen molar-refractivity contribution in [3.63, 3.8) is 0 Å². The number of ether oxygens (including phenoxy) is 1. The minimum Gasteiger partial charge on any atom is -0.444 e. The van der Waals surface area contributed by atoms with Crippen LogP contribution in [0, 0.1) is 0 Å². The van der Waals surface area contributed by atoms with Crippen molar-refractivity contribution in [3.05, 3.63) is 94.9 Å². The van der Waals surface area contributed by atoms with Crippen molar-refractivity contribution in [2.75, 3.05) is 73.6 Å². The minimum atomic E-state index is -0.520. The average Bonchev–Trinajstić information content (AvgIpc) is 3.91. The standard InChI is InChI=1S/C24H26BrN7O2.C19H18ClN7/c1-24(2,3)34-23(33)31-10-8-30(9-11-31)22-19(25)20(26)32-21(29-22)17(14-28-32)16-12-15-6-4-5-7-18(15)27-13-16;20-16-17(21)27-18(25-19(16)26-7-5-22-6-8-26)14(11-24-27)13-9-12-3-1-2-4-15(12)23-10-13/h4-7,12-14H,8-11,26H2,1-3H3;1-4,9-11,22H,5-8,21H2. The van der Waals surface area contributed by atoms with Crippen molar-refractivity contribution >= 4 is 90.0 Å². The van der Waals surface area contributed by atoms with Gasteiger partial charge in [0.15, 0.2) is 17.1 Å². The van der Waals surface area contributed by atoms with Crippen molar-refractivity contribution in [1.82, 2.24) is 49.4 Å². The van der Waals surface area contributed by atoms with Crippen LogP contribution in [0.5, 0.6) is 0 Å². The van der Waals surface area contributed by atoms with E-state index in [9.17, 15) is 4.79 Å². The van der Waals surface area contributed by atoms with Gasteiger partial charge in [-0.05, 0) is 61.0 Å². The molecule has 0 unspecified atom stereocenters. The van der Waals surface area contributed by atoms with E-state index in [1.807, 2.05) is 81.7 Å². The summed E-state index contributed by atoms with van der Waals surface area (Å²) in [6, 6.07) is 20.2. The van der Waals surface area contributed by atoms with Gasteiger partial charge in [-0.15, -0.1) is 0 Å². The SMILES string of the molecule is CC(C)(C)OC(=O)N1CCN(c2nc3c(-c4cnc5ccccc5c4)cnn3c(N)c2Br)CC1.Nc1c(Cl)c(N2CCNCC2)nc2c(-c3cnc4ccccc4c3)cnn12. The third-order valence-electron chi connectivity index (χ3n) is 10.7. The normalized spacial score (nSPS) is 14.8. The Hall–Kier alpha value is -6.30. The first-order valence-electron chi connectivity index (χ1n) is 20.0. The van der Waals surface area contributed by atoms with Crippen LogP contribution in [0.15, 0.2) is 89.9 Å². The molecule has 10 rings (SSSR count). The summed E-state index contributed by atoms with van der Waals surface area (Å²) in [7, 11) is 0. The summed E-state index contributed by atoms with van der Waals surface area (Å²) >= 11 is 10.1. The fourth-order valence-corrected chi connectivity index (χ4v) is 8.28. The number of rotatable bonds is 4. The van der Waals surface area contributed by atoms with Crippen LogP contribution < -0.4 is 26.6 Å². The van der Waals surface area contributed by atoms with E-state index in [-0.39, 0.29) is 6.09 Å². The van der Waals surface area contributed by atoms with Crippen molar-refractivity contribution in [3.8, 4) is 22.3 Å². The molecular formula is C43H44BrClN14O2. The molecule has 61 heavy (non-hydrogen) atoms. The summed E-state index contributed by atoms with van der Waals surface area (Å²) in [6.45, 7) is 11.4. The zero-order chi connectivity index (χ0) is 42.4. The lowest BCUT2D eigenvalue weighted by molar-refractivity contribution is 0.0240. The first-order valence-corrected chi connectivity index (χ1v) is 21.1. The number of nitrogens with one attached hydrogen (secondary N) is 1. The Labute approximate surface area is 364 Å². The van der Waals surface area contributed by atoms with E-state index >= 15 is 0 Å². The lowest BCUT2D eigenvalue weighted by Gasteiger charge is -2.36. The molecular weight excluding hydrogens is 860 g/mol. The number of carbonyl (C=O) groups excluding carboxylic acids is 1. The molecule has 6 aromatic heterocycles. The summed E-state index contributed by atoms with van der Waals surface area (Å²) < 4.78 is 9.42. The van der Waals surface area contributed by atoms with Crippen LogP contribution in [-0.2, 0) is 4.74 Å². The highest BCUT2D eigenvalue weighted by atomic mass is 79.9. The molecule has 0 radical (unpaired) electrons. The Bertz CT molecular complexity index is 2930. The monoisotopic (exact) mass is 902 g/mol. The first kappa shape index (κ1) is 40.1. The zero-order valence-electron chi connectivity index (χ0n) is 33.9. The number of hydrogen-bond acceptors (Lipinski definition) is 13. The van der Waals surface area contributed by atoms with E-state index in [2.05, 4.69) is 63.3 Å². The summed E-state index contributed by atoms with van der Waals surface area (Å²) in [5.41, 5.74) is 19.0. The number of piperazine rings is 2. The first-order chi connectivity index (χ1) is 29.4. The number of hydrogen-bond donors (Lipinski definition) is 3. The van der Waals surface area contributed by atoms with Crippen LogP contribution in [0.2, 0.25) is 5.02 Å². The molecule has 1 amide bonds. The van der Waals surface area contributed by atoms with E-state index in [1.165, 1.54) is 0 Å². The molecule has 16 nitrogen and oxygen atoms in total. The largest absolute Gasteiger partial charge is 0.444 e. The number of fused-ring (bicyclic) bond motifs is 4. The summed E-state index contributed by atoms with van der Waals surface area (Å²) in [4.78, 5) is 37.4. The fourth-order valence-electron chi connectivity index (χ4n) is 7.53. The maximum absolute atomic E-state index is 12.4. The maximum atomic E-state index is 12.4. The average molecular weight is 904 g/mol. The predicted octanol–water partition coefficient (Wildman–Crippen LogP) is 6.94. The van der Waals surface area contributed by atoms with Gasteiger partial charge in [-0.25, -0.2) is 14.8 Å². The molecule has 2 saturated heterocycles. The Morgan fingerprint density at radius 1 is 0.721 bits per heavy atom. The van der Waals surface area contributed by atoms with E-state index in [1.54, 1.807) is 26.3 Å². The molecule has 0 saturated carbocycles. The number of anilines is 4. The predicted molar refractivity (Wildman–Crippen MR) is 244 cm³/mol. The molecule has 2 aliphatic heterocycles. The molecule has 5 N–H and O–H groups in total. The second kappa shape index (κ2) is 16.3. The Kier molecular flexibility index (Phi) is 10.7. The van der Waals surface area contributed by atoms with Gasteiger partial charge in [0.2, 0.25) is 0 Å². The van der Waals surface area contributed by atoms with Gasteiger partial charge in [-0.2, -0.15) is 19.2 Å². The van der Waals surface area contributed by atoms with E-state index in [0.717, 1.165) is 76.1 Å². The topological polar surface area (TPSA) is 186 Å². The number of nitrogen functional groups attached to an aromatic ring is 2. The Balaban J connectivity index is 0.000000160. The van der Waals surface area contributed by atoms with Gasteiger partial charge >= 0.3 is 6.09 Å². The highest BCUT2D eigenvalue weighted by Crippen LogP contribution is 2.36. The smallest absolute Gasteiger partial charge is 0.410 e. The number of benzene rings is 2. The molecule has 0 aliphatic carbocycles. The third kappa shape index (κ3) is 7.91. The van der Waals surface area contributed by atoms with E-state index in [0.29, 0.717) is 64.4 Å². The van der Waals surface area contributed by atoms with E-state index < -0.39 is 5.60 Å². The molecule has 0 atom stereocenters. The fraction of sp³-hybridized carbons (Fsp3) is 0.279. The number of amides is 1. The highest BCUT2D eigenvalue weighted by molar-refractivity contribution is 9.10. The maximum Gasteiger partial charge on any atom is 0.410 e. The van der Waals surface area contributed by atoms with Crippen LogP contribution in [0.25, 0.3) is 55.4 Å². The molecule has 18 heteroatoms. The Morgan fingerprint density at radius 3 is 1.79 bits per heavy atom. The number of nitrogens with two attached hydrogens (primary N) is 2. The molecule has 2 aromatic carbocycles. The lowest BCUT2D eigenvalue weighted by atomic mass is 10.1. The number of nitrogens with zero attached hydrogens (tertiary/aromatic N) is 11. The second-order valence-corrected chi connectivity index (χ2v) is 17.1. The van der Waals surface area contributed by atoms with Gasteiger partial charge in [-0.3, -0.25) is 9.97 Å². The van der Waals surface area contributed by atoms with Crippen LogP contribution >= 0.6 is 27.5 Å². The van der Waals surface area contributed by atoms with Gasteiger partial charge in [0.1, 0.15) is 32.5 Å². The van der Waals surface area contributed by atoms with Crippen LogP contribution in [-0.4, -0.2) is 108 Å². The second-order valence-electron chi connectivity index (χ2n) is 15.9. The van der Waals surface area contributed by atoms with Crippen molar-refractivity contribution in [2.24, 2.45) is 0 Å². The Morgan fingerprint density at radius 2 is 1.23 bits per heavy atom. The summed E-state index contributed by atoms with van der Waals surface area (Å²) in [6.07, 6.45) is 6.91. The van der Waals surface area contributed by atoms with Gasteiger partial charge < -0.3 is 36.2 Å². The highest BCUT2D eigenvalue weighted by Gasteiger charge is 2.29. The third-order valence-corrected chi connectivity index (χ3v) is 11.8. The van der Waals surface area contributed by atoms with Gasteiger partial charge in [0.05, 0.1) is 23.4 Å². The van der Waals surface area contributed by atoms with Crippen LogP contribution in [0.1, 0.15) is 20.8 Å². The lowest BCUT2D eigenvalue weighted by Crippen LogP contribution is -2.50. The zero-order valence-corrected chi connectivity index (χ0v) is 36.2. The number of aromatic nitrogens is 8. The molecule has 2 aliphatic rings. The molecule has 0 spiro atoms. The minimum absolute atomic E-state index is 0.295. The number of carbonyl (C=O) groups is 1. The van der Waals surface area contributed by atoms with E-state index in [4.69, 9.17) is 37.8 Å². The molecule has 8 heterocycles. The molecule has 312 valence electrons. The quantitative estimate of drug-likeness (QED) is 0.165. The molecule has 2 fully saturated rings. The van der Waals surface area contributed by atoms with Crippen molar-refractivity contribution in [1.29, 1.82) is 0 Å². The van der Waals surface area contributed by atoms with Crippen LogP contribution in [0.4, 0.5) is 28.1 Å². The van der Waals surface area contributed by atoms with Crippen molar-refractivity contribution < 1.29 is 9.53 Å². The number of para-hydroxylation sites is 2. The van der Waals surface area contributed by atoms with Gasteiger partial charge in [0, 0.05) is 97.8 Å². The number of halogens is 2. The van der Waals surface area contributed by atoms with Gasteiger partial charge in [0.25, 0.3) is 0 Å². The number of pyridine rings is 2. The van der Waals surface area contributed by atoms with Crippen LogP contribution in [0.3, 0.4) is 0 Å². The molecule has 8 aromatic rings. The van der Waals surface area contributed by atoms with Crippen molar-refractivity contribution in [2.45, 2.75) is 26.4 Å². The molecule has 0 bridgehead atoms. The summed E-state index contributed by atoms with van der Waals surface area (Å²) in [5.74, 6) is 2.30.